The summed E-state index contributed by atoms with van der Waals surface area (Å²) in [6, 6.07) is 16.5. The predicted octanol–water partition coefficient (Wildman–Crippen LogP) is 3.43. The van der Waals surface area contributed by atoms with Crippen molar-refractivity contribution in [2.45, 2.75) is 0 Å². The molecular weight excluding hydrogens is 354 g/mol. The van der Waals surface area contributed by atoms with Crippen molar-refractivity contribution in [2.75, 3.05) is 13.7 Å². The van der Waals surface area contributed by atoms with Crippen molar-refractivity contribution >= 4 is 34.6 Å². The molecule has 1 aromatic heterocycles. The van der Waals surface area contributed by atoms with Gasteiger partial charge in [0, 0.05) is 10.9 Å². The highest BCUT2D eigenvalue weighted by atomic mass is 35.5. The lowest BCUT2D eigenvalue weighted by Crippen LogP contribution is -2.24. The Labute approximate surface area is 155 Å². The number of carbonyl (C=O) groups excluding carboxylic acids is 1. The number of methoxy groups -OCH3 is 1. The fraction of sp³-hybridized carbons (Fsp3) is 0.105. The van der Waals surface area contributed by atoms with Crippen molar-refractivity contribution in [3.05, 3.63) is 65.3 Å². The second kappa shape index (κ2) is 8.31. The van der Waals surface area contributed by atoms with Gasteiger partial charge in [-0.1, -0.05) is 41.9 Å². The van der Waals surface area contributed by atoms with Gasteiger partial charge in [0.15, 0.2) is 18.1 Å². The predicted molar refractivity (Wildman–Crippen MR) is 101 cm³/mol. The molecular formula is C19H16ClN3O3. The van der Waals surface area contributed by atoms with Gasteiger partial charge < -0.3 is 9.47 Å². The number of hydrazone groups is 1. The molecule has 1 amide bonds. The molecule has 0 unspecified atom stereocenters. The highest BCUT2D eigenvalue weighted by Crippen LogP contribution is 2.25. The summed E-state index contributed by atoms with van der Waals surface area (Å²) in [5.74, 6) is 0.630. The summed E-state index contributed by atoms with van der Waals surface area (Å²) in [6.07, 6.45) is 1.45. The quantitative estimate of drug-likeness (QED) is 0.410. The minimum absolute atomic E-state index is 0.193. The van der Waals surface area contributed by atoms with Gasteiger partial charge in [0.1, 0.15) is 5.15 Å². The lowest BCUT2D eigenvalue weighted by atomic mass is 10.2. The molecule has 0 aliphatic heterocycles. The van der Waals surface area contributed by atoms with Gasteiger partial charge in [-0.3, -0.25) is 4.79 Å². The van der Waals surface area contributed by atoms with E-state index in [0.717, 1.165) is 10.9 Å². The number of amides is 1. The zero-order chi connectivity index (χ0) is 18.4. The van der Waals surface area contributed by atoms with Crippen LogP contribution in [-0.2, 0) is 4.79 Å². The van der Waals surface area contributed by atoms with E-state index in [4.69, 9.17) is 21.1 Å². The molecule has 1 heterocycles. The Morgan fingerprint density at radius 1 is 1.19 bits per heavy atom. The number of hydrogen-bond donors (Lipinski definition) is 1. The van der Waals surface area contributed by atoms with Gasteiger partial charge in [-0.15, -0.1) is 0 Å². The summed E-state index contributed by atoms with van der Waals surface area (Å²) in [4.78, 5) is 16.2. The van der Waals surface area contributed by atoms with Crippen LogP contribution >= 0.6 is 11.6 Å². The standard InChI is InChI=1S/C19H16ClN3O3/c1-25-16-8-4-5-9-17(16)26-12-18(24)23-21-11-14-10-13-6-2-3-7-15(13)22-19(14)20/h2-11H,12H2,1H3,(H,23,24)/b21-11+. The van der Waals surface area contributed by atoms with Gasteiger partial charge in [0.2, 0.25) is 0 Å². The normalized spacial score (nSPS) is 10.8. The fourth-order valence-corrected chi connectivity index (χ4v) is 2.48. The van der Waals surface area contributed by atoms with E-state index in [1.54, 1.807) is 18.2 Å². The third kappa shape index (κ3) is 4.29. The van der Waals surface area contributed by atoms with Crippen LogP contribution in [0.4, 0.5) is 0 Å². The van der Waals surface area contributed by atoms with Crippen LogP contribution in [0.2, 0.25) is 5.15 Å². The molecule has 2 aromatic carbocycles. The maximum atomic E-state index is 11.9. The van der Waals surface area contributed by atoms with Crippen molar-refractivity contribution in [2.24, 2.45) is 5.10 Å². The van der Waals surface area contributed by atoms with E-state index >= 15 is 0 Å². The Kier molecular flexibility index (Phi) is 5.66. The highest BCUT2D eigenvalue weighted by Gasteiger charge is 2.06. The van der Waals surface area contributed by atoms with Gasteiger partial charge in [0.05, 0.1) is 18.8 Å². The summed E-state index contributed by atoms with van der Waals surface area (Å²) >= 11 is 6.14. The minimum atomic E-state index is -0.406. The summed E-state index contributed by atoms with van der Waals surface area (Å²) in [5, 5.41) is 5.15. The Morgan fingerprint density at radius 2 is 1.92 bits per heavy atom. The molecule has 0 bridgehead atoms. The molecule has 3 aromatic rings. The topological polar surface area (TPSA) is 72.8 Å². The first-order chi connectivity index (χ1) is 12.7. The zero-order valence-corrected chi connectivity index (χ0v) is 14.7. The number of fused-ring (bicyclic) bond motifs is 1. The van der Waals surface area contributed by atoms with Crippen molar-refractivity contribution in [3.8, 4) is 11.5 Å². The third-order valence-electron chi connectivity index (χ3n) is 3.53. The molecule has 0 saturated heterocycles. The summed E-state index contributed by atoms with van der Waals surface area (Å²) in [5.41, 5.74) is 3.80. The first-order valence-corrected chi connectivity index (χ1v) is 8.18. The average molecular weight is 370 g/mol. The SMILES string of the molecule is COc1ccccc1OCC(=O)N/N=C/c1cc2ccccc2nc1Cl. The van der Waals surface area contributed by atoms with E-state index in [1.165, 1.54) is 13.3 Å². The van der Waals surface area contributed by atoms with Gasteiger partial charge in [-0.2, -0.15) is 5.10 Å². The van der Waals surface area contributed by atoms with Crippen LogP contribution in [0.3, 0.4) is 0 Å². The first kappa shape index (κ1) is 17.7. The number of pyridine rings is 1. The second-order valence-electron chi connectivity index (χ2n) is 5.29. The molecule has 0 radical (unpaired) electrons. The van der Waals surface area contributed by atoms with E-state index in [9.17, 15) is 4.79 Å². The largest absolute Gasteiger partial charge is 0.493 e. The van der Waals surface area contributed by atoms with Crippen LogP contribution in [0.25, 0.3) is 10.9 Å². The summed E-state index contributed by atoms with van der Waals surface area (Å²) in [6.45, 7) is -0.193. The smallest absolute Gasteiger partial charge is 0.277 e. The number of hydrogen-bond acceptors (Lipinski definition) is 5. The molecule has 0 fully saturated rings. The lowest BCUT2D eigenvalue weighted by molar-refractivity contribution is -0.123. The van der Waals surface area contributed by atoms with E-state index in [-0.39, 0.29) is 6.61 Å². The summed E-state index contributed by atoms with van der Waals surface area (Å²) < 4.78 is 10.6. The van der Waals surface area contributed by atoms with Gasteiger partial charge in [-0.25, -0.2) is 10.4 Å². The number of para-hydroxylation sites is 3. The number of nitrogens with one attached hydrogen (secondary N) is 1. The van der Waals surface area contributed by atoms with E-state index in [0.29, 0.717) is 22.2 Å². The second-order valence-corrected chi connectivity index (χ2v) is 5.65. The average Bonchev–Trinajstić information content (AvgIpc) is 2.67. The first-order valence-electron chi connectivity index (χ1n) is 7.80. The van der Waals surface area contributed by atoms with E-state index in [2.05, 4.69) is 15.5 Å². The molecule has 26 heavy (non-hydrogen) atoms. The molecule has 0 aliphatic rings. The number of aromatic nitrogens is 1. The molecule has 3 rings (SSSR count). The molecule has 0 spiro atoms. The van der Waals surface area contributed by atoms with Crippen LogP contribution in [-0.4, -0.2) is 30.8 Å². The molecule has 132 valence electrons. The Morgan fingerprint density at radius 3 is 2.73 bits per heavy atom. The molecule has 6 nitrogen and oxygen atoms in total. The number of rotatable bonds is 6. The van der Waals surface area contributed by atoms with Crippen LogP contribution in [0.5, 0.6) is 11.5 Å². The van der Waals surface area contributed by atoms with Gasteiger partial charge >= 0.3 is 0 Å². The van der Waals surface area contributed by atoms with Crippen LogP contribution in [0.1, 0.15) is 5.56 Å². The Balaban J connectivity index is 1.60. The monoisotopic (exact) mass is 369 g/mol. The molecule has 1 N–H and O–H groups in total. The van der Waals surface area contributed by atoms with Crippen molar-refractivity contribution < 1.29 is 14.3 Å². The van der Waals surface area contributed by atoms with E-state index < -0.39 is 5.91 Å². The summed E-state index contributed by atoms with van der Waals surface area (Å²) in [7, 11) is 1.54. The number of ether oxygens (including phenoxy) is 2. The van der Waals surface area contributed by atoms with Crippen LogP contribution in [0.15, 0.2) is 59.7 Å². The van der Waals surface area contributed by atoms with Crippen molar-refractivity contribution in [3.63, 3.8) is 0 Å². The lowest BCUT2D eigenvalue weighted by Gasteiger charge is -2.09. The minimum Gasteiger partial charge on any atom is -0.493 e. The zero-order valence-electron chi connectivity index (χ0n) is 14.0. The number of halogens is 1. The Hall–Kier alpha value is -3.12. The van der Waals surface area contributed by atoms with Gasteiger partial charge in [0.25, 0.3) is 5.91 Å². The highest BCUT2D eigenvalue weighted by molar-refractivity contribution is 6.32. The molecule has 0 aliphatic carbocycles. The third-order valence-corrected chi connectivity index (χ3v) is 3.83. The maximum Gasteiger partial charge on any atom is 0.277 e. The number of nitrogens with zero attached hydrogens (tertiary/aromatic N) is 2. The maximum absolute atomic E-state index is 11.9. The fourth-order valence-electron chi connectivity index (χ4n) is 2.29. The van der Waals surface area contributed by atoms with E-state index in [1.807, 2.05) is 36.4 Å². The van der Waals surface area contributed by atoms with Crippen molar-refractivity contribution in [1.29, 1.82) is 0 Å². The van der Waals surface area contributed by atoms with Crippen LogP contribution in [0, 0.1) is 0 Å². The number of carbonyl (C=O) groups is 1. The van der Waals surface area contributed by atoms with Gasteiger partial charge in [-0.05, 0) is 24.3 Å². The molecule has 0 atom stereocenters. The van der Waals surface area contributed by atoms with Crippen LogP contribution < -0.4 is 14.9 Å². The molecule has 0 saturated carbocycles. The van der Waals surface area contributed by atoms with Crippen molar-refractivity contribution in [1.82, 2.24) is 10.4 Å². The Bertz CT molecular complexity index is 960. The number of benzene rings is 2. The molecule has 7 heteroatoms.